The van der Waals surface area contributed by atoms with Crippen LogP contribution in [0.25, 0.3) is 16.6 Å². The molecule has 2 aromatic heterocycles. The second-order valence-corrected chi connectivity index (χ2v) is 12.4. The fourth-order valence-electron chi connectivity index (χ4n) is 4.03. The van der Waals surface area contributed by atoms with Crippen LogP contribution in [0.2, 0.25) is 4.34 Å². The molecule has 2 heterocycles. The van der Waals surface area contributed by atoms with Crippen molar-refractivity contribution in [1.29, 1.82) is 0 Å². The Kier molecular flexibility index (Phi) is 7.48. The van der Waals surface area contributed by atoms with E-state index in [9.17, 15) is 22.8 Å². The number of urea groups is 1. The van der Waals surface area contributed by atoms with Gasteiger partial charge in [-0.25, -0.2) is 27.3 Å². The average molecular weight is 596 g/mol. The van der Waals surface area contributed by atoms with Gasteiger partial charge >= 0.3 is 11.7 Å². The van der Waals surface area contributed by atoms with Gasteiger partial charge in [0.1, 0.15) is 4.21 Å². The highest BCUT2D eigenvalue weighted by molar-refractivity contribution is 7.92. The summed E-state index contributed by atoms with van der Waals surface area (Å²) in [7, 11) is -4.09. The van der Waals surface area contributed by atoms with E-state index in [4.69, 9.17) is 11.6 Å². The van der Waals surface area contributed by atoms with Crippen LogP contribution in [0.5, 0.6) is 0 Å². The standard InChI is InChI=1S/C27H22ClN5O5S2/c1-16-4-2-3-5-17(16)15-29-19-8-11-21-22(14-19)31-27(36)33(25(21)34)20-9-6-18(7-10-20)30-26(35)32-40(37,38)24-13-12-23(28)39-24/h2-14,29H,15H2,1H3,(H,31,36)(H2,30,32,35). The molecule has 0 spiro atoms. The van der Waals surface area contributed by atoms with Crippen molar-refractivity contribution in [2.24, 2.45) is 0 Å². The van der Waals surface area contributed by atoms with Gasteiger partial charge in [-0.2, -0.15) is 0 Å². The Morgan fingerprint density at radius 3 is 2.40 bits per heavy atom. The van der Waals surface area contributed by atoms with Crippen LogP contribution >= 0.6 is 22.9 Å². The van der Waals surface area contributed by atoms with Crippen molar-refractivity contribution in [2.45, 2.75) is 17.7 Å². The number of hydrogen-bond donors (Lipinski definition) is 4. The molecule has 13 heteroatoms. The molecule has 5 aromatic rings. The van der Waals surface area contributed by atoms with Gasteiger partial charge in [0, 0.05) is 17.9 Å². The summed E-state index contributed by atoms with van der Waals surface area (Å²) in [5.41, 5.74) is 2.80. The van der Waals surface area contributed by atoms with E-state index in [1.165, 1.54) is 36.4 Å². The van der Waals surface area contributed by atoms with E-state index in [1.807, 2.05) is 35.9 Å². The molecule has 0 saturated heterocycles. The van der Waals surface area contributed by atoms with Gasteiger partial charge in [0.15, 0.2) is 0 Å². The zero-order chi connectivity index (χ0) is 28.4. The summed E-state index contributed by atoms with van der Waals surface area (Å²) in [6, 6.07) is 20.7. The van der Waals surface area contributed by atoms with Crippen molar-refractivity contribution < 1.29 is 13.2 Å². The lowest BCUT2D eigenvalue weighted by atomic mass is 10.1. The molecule has 0 aliphatic carbocycles. The van der Waals surface area contributed by atoms with Crippen LogP contribution < -0.4 is 26.6 Å². The number of fused-ring (bicyclic) bond motifs is 1. The summed E-state index contributed by atoms with van der Waals surface area (Å²) in [5, 5.41) is 6.04. The van der Waals surface area contributed by atoms with Crippen molar-refractivity contribution in [1.82, 2.24) is 14.3 Å². The number of sulfonamides is 1. The number of aromatic nitrogens is 2. The highest BCUT2D eigenvalue weighted by atomic mass is 35.5. The van der Waals surface area contributed by atoms with Crippen LogP contribution in [0, 0.1) is 6.92 Å². The molecule has 0 unspecified atom stereocenters. The Labute approximate surface area is 237 Å². The van der Waals surface area contributed by atoms with Gasteiger partial charge in [0.2, 0.25) is 0 Å². The van der Waals surface area contributed by atoms with Gasteiger partial charge in [-0.1, -0.05) is 35.9 Å². The monoisotopic (exact) mass is 595 g/mol. The number of amides is 2. The zero-order valence-electron chi connectivity index (χ0n) is 20.9. The van der Waals surface area contributed by atoms with Gasteiger partial charge < -0.3 is 15.6 Å². The first-order chi connectivity index (χ1) is 19.1. The van der Waals surface area contributed by atoms with Crippen molar-refractivity contribution in [2.75, 3.05) is 10.6 Å². The smallest absolute Gasteiger partial charge is 0.333 e. The fourth-order valence-corrected chi connectivity index (χ4v) is 6.42. The second-order valence-electron chi connectivity index (χ2n) is 8.78. The molecule has 2 amide bonds. The topological polar surface area (TPSA) is 142 Å². The molecule has 0 aliphatic rings. The van der Waals surface area contributed by atoms with E-state index in [0.29, 0.717) is 17.4 Å². The van der Waals surface area contributed by atoms with E-state index in [1.54, 1.807) is 18.2 Å². The van der Waals surface area contributed by atoms with Gasteiger partial charge in [-0.15, -0.1) is 11.3 Å². The number of hydrogen-bond acceptors (Lipinski definition) is 7. The lowest BCUT2D eigenvalue weighted by Crippen LogP contribution is -2.34. The fraction of sp³-hybridized carbons (Fsp3) is 0.0741. The minimum Gasteiger partial charge on any atom is -0.381 e. The normalized spacial score (nSPS) is 11.3. The first-order valence-corrected chi connectivity index (χ1v) is 14.6. The Bertz CT molecular complexity index is 1960. The molecule has 5 rings (SSSR count). The van der Waals surface area contributed by atoms with Gasteiger partial charge in [-0.05, 0) is 72.6 Å². The van der Waals surface area contributed by atoms with Crippen LogP contribution in [0.3, 0.4) is 0 Å². The van der Waals surface area contributed by atoms with Crippen LogP contribution in [0.1, 0.15) is 11.1 Å². The van der Waals surface area contributed by atoms with Crippen LogP contribution in [0.15, 0.2) is 92.7 Å². The third-order valence-electron chi connectivity index (χ3n) is 6.07. The molecule has 0 aliphatic heterocycles. The summed E-state index contributed by atoms with van der Waals surface area (Å²) in [5.74, 6) is 0. The first-order valence-electron chi connectivity index (χ1n) is 11.9. The molecule has 10 nitrogen and oxygen atoms in total. The summed E-state index contributed by atoms with van der Waals surface area (Å²) in [4.78, 5) is 41.1. The van der Waals surface area contributed by atoms with Gasteiger partial charge in [0.05, 0.1) is 20.9 Å². The third-order valence-corrected chi connectivity index (χ3v) is 9.12. The molecular weight excluding hydrogens is 574 g/mol. The van der Waals surface area contributed by atoms with Crippen LogP contribution in [-0.4, -0.2) is 24.0 Å². The number of benzene rings is 3. The SMILES string of the molecule is Cc1ccccc1CNc1ccc2c(=O)n(-c3ccc(NC(=O)NS(=O)(=O)c4ccc(Cl)s4)cc3)c(=O)[nH]c2c1. The van der Waals surface area contributed by atoms with Crippen molar-refractivity contribution >= 4 is 61.3 Å². The maximum absolute atomic E-state index is 13.2. The number of rotatable bonds is 7. The molecular formula is C27H22ClN5O5S2. The quantitative estimate of drug-likeness (QED) is 0.212. The zero-order valence-corrected chi connectivity index (χ0v) is 23.3. The van der Waals surface area contributed by atoms with E-state index in [2.05, 4.69) is 15.6 Å². The minimum absolute atomic E-state index is 0.105. The Morgan fingerprint density at radius 2 is 1.70 bits per heavy atom. The Hall–Kier alpha value is -4.39. The summed E-state index contributed by atoms with van der Waals surface area (Å²) in [6.45, 7) is 2.62. The molecule has 40 heavy (non-hydrogen) atoms. The van der Waals surface area contributed by atoms with E-state index < -0.39 is 27.3 Å². The lowest BCUT2D eigenvalue weighted by molar-refractivity contribution is 0.256. The summed E-state index contributed by atoms with van der Waals surface area (Å²) >= 11 is 6.59. The van der Waals surface area contributed by atoms with E-state index in [-0.39, 0.29) is 19.9 Å². The first kappa shape index (κ1) is 27.2. The van der Waals surface area contributed by atoms with Crippen LogP contribution in [-0.2, 0) is 16.6 Å². The lowest BCUT2D eigenvalue weighted by Gasteiger charge is -2.11. The van der Waals surface area contributed by atoms with E-state index >= 15 is 0 Å². The van der Waals surface area contributed by atoms with Crippen LogP contribution in [0.4, 0.5) is 16.2 Å². The maximum Gasteiger partial charge on any atom is 0.333 e. The molecule has 0 radical (unpaired) electrons. The van der Waals surface area contributed by atoms with Crippen molar-refractivity contribution in [3.63, 3.8) is 0 Å². The Morgan fingerprint density at radius 1 is 0.975 bits per heavy atom. The number of anilines is 2. The predicted molar refractivity (Wildman–Crippen MR) is 157 cm³/mol. The molecule has 0 fully saturated rings. The van der Waals surface area contributed by atoms with Crippen molar-refractivity contribution in [3.05, 3.63) is 115 Å². The largest absolute Gasteiger partial charge is 0.381 e. The highest BCUT2D eigenvalue weighted by Crippen LogP contribution is 2.25. The molecule has 3 aromatic carbocycles. The number of aryl methyl sites for hydroxylation is 1. The highest BCUT2D eigenvalue weighted by Gasteiger charge is 2.20. The Balaban J connectivity index is 1.32. The minimum atomic E-state index is -4.09. The van der Waals surface area contributed by atoms with Gasteiger partial charge in [0.25, 0.3) is 15.6 Å². The predicted octanol–water partition coefficient (Wildman–Crippen LogP) is 4.82. The summed E-state index contributed by atoms with van der Waals surface area (Å²) < 4.78 is 27.7. The summed E-state index contributed by atoms with van der Waals surface area (Å²) in [6.07, 6.45) is 0. The number of H-pyrrole nitrogens is 1. The molecule has 0 saturated carbocycles. The van der Waals surface area contributed by atoms with Gasteiger partial charge in [-0.3, -0.25) is 4.79 Å². The number of thiophene rings is 1. The third kappa shape index (κ3) is 5.78. The average Bonchev–Trinajstić information content (AvgIpc) is 3.36. The molecule has 204 valence electrons. The number of carbonyl (C=O) groups is 1. The number of aromatic amines is 1. The molecule has 4 N–H and O–H groups in total. The number of halogens is 1. The van der Waals surface area contributed by atoms with E-state index in [0.717, 1.165) is 32.7 Å². The van der Waals surface area contributed by atoms with Crippen molar-refractivity contribution in [3.8, 4) is 5.69 Å². The maximum atomic E-state index is 13.2. The second kappa shape index (κ2) is 11.0. The molecule has 0 atom stereocenters. The number of nitrogens with zero attached hydrogens (tertiary/aromatic N) is 1. The number of carbonyl (C=O) groups excluding carboxylic acids is 1. The number of nitrogens with one attached hydrogen (secondary N) is 4. The molecule has 0 bridgehead atoms.